The van der Waals surface area contributed by atoms with E-state index in [1.165, 1.54) is 11.3 Å². The molecule has 1 aliphatic heterocycles. The molecule has 3 rings (SSSR count). The SMILES string of the molecule is CCn1nccc1CCN1C[C@@H](C)OC[C@H]1c1ccccc1. The van der Waals surface area contributed by atoms with Crippen molar-refractivity contribution in [1.29, 1.82) is 0 Å². The van der Waals surface area contributed by atoms with Crippen molar-refractivity contribution in [2.24, 2.45) is 0 Å². The summed E-state index contributed by atoms with van der Waals surface area (Å²) in [5.41, 5.74) is 2.66. The molecule has 1 fully saturated rings. The average molecular weight is 299 g/mol. The van der Waals surface area contributed by atoms with E-state index in [4.69, 9.17) is 4.74 Å². The lowest BCUT2D eigenvalue weighted by Gasteiger charge is -2.39. The van der Waals surface area contributed by atoms with Crippen molar-refractivity contribution >= 4 is 0 Å². The van der Waals surface area contributed by atoms with E-state index in [-0.39, 0.29) is 0 Å². The van der Waals surface area contributed by atoms with E-state index in [0.717, 1.165) is 32.7 Å². The second kappa shape index (κ2) is 7.07. The molecule has 0 spiro atoms. The Labute approximate surface area is 132 Å². The van der Waals surface area contributed by atoms with Crippen LogP contribution in [0.25, 0.3) is 0 Å². The van der Waals surface area contributed by atoms with Gasteiger partial charge in [0, 0.05) is 37.9 Å². The minimum Gasteiger partial charge on any atom is -0.375 e. The first-order valence-corrected chi connectivity index (χ1v) is 8.19. The van der Waals surface area contributed by atoms with Crippen LogP contribution in [-0.4, -0.2) is 40.5 Å². The Morgan fingerprint density at radius 1 is 1.23 bits per heavy atom. The molecule has 0 aliphatic carbocycles. The summed E-state index contributed by atoms with van der Waals surface area (Å²) >= 11 is 0. The van der Waals surface area contributed by atoms with Crippen molar-refractivity contribution in [2.75, 3.05) is 19.7 Å². The third-order valence-corrected chi connectivity index (χ3v) is 4.41. The molecule has 0 radical (unpaired) electrons. The number of nitrogens with zero attached hydrogens (tertiary/aromatic N) is 3. The molecular formula is C18H25N3O. The summed E-state index contributed by atoms with van der Waals surface area (Å²) in [6.45, 7) is 8.03. The molecule has 4 heteroatoms. The largest absolute Gasteiger partial charge is 0.375 e. The number of ether oxygens (including phenoxy) is 1. The molecule has 2 atom stereocenters. The van der Waals surface area contributed by atoms with Crippen molar-refractivity contribution in [3.63, 3.8) is 0 Å². The highest BCUT2D eigenvalue weighted by Crippen LogP contribution is 2.26. The topological polar surface area (TPSA) is 30.3 Å². The van der Waals surface area contributed by atoms with E-state index in [1.54, 1.807) is 0 Å². The molecule has 0 saturated carbocycles. The van der Waals surface area contributed by atoms with Crippen molar-refractivity contribution in [2.45, 2.75) is 39.0 Å². The summed E-state index contributed by atoms with van der Waals surface area (Å²) in [4.78, 5) is 2.55. The molecule has 22 heavy (non-hydrogen) atoms. The Kier molecular flexibility index (Phi) is 4.90. The van der Waals surface area contributed by atoms with Gasteiger partial charge in [-0.15, -0.1) is 0 Å². The van der Waals surface area contributed by atoms with Crippen LogP contribution >= 0.6 is 0 Å². The molecule has 0 bridgehead atoms. The average Bonchev–Trinajstić information content (AvgIpc) is 3.01. The predicted molar refractivity (Wildman–Crippen MR) is 87.8 cm³/mol. The maximum Gasteiger partial charge on any atom is 0.0675 e. The Morgan fingerprint density at radius 2 is 2.05 bits per heavy atom. The summed E-state index contributed by atoms with van der Waals surface area (Å²) in [6.07, 6.45) is 3.23. The van der Waals surface area contributed by atoms with Gasteiger partial charge in [0.25, 0.3) is 0 Å². The van der Waals surface area contributed by atoms with Crippen LogP contribution in [0.4, 0.5) is 0 Å². The molecule has 0 unspecified atom stereocenters. The Bertz CT molecular complexity index is 581. The van der Waals surface area contributed by atoms with Gasteiger partial charge in [-0.05, 0) is 25.5 Å². The van der Waals surface area contributed by atoms with Gasteiger partial charge >= 0.3 is 0 Å². The highest BCUT2D eigenvalue weighted by molar-refractivity contribution is 5.20. The van der Waals surface area contributed by atoms with Crippen LogP contribution in [0.15, 0.2) is 42.6 Å². The minimum absolute atomic E-state index is 0.302. The van der Waals surface area contributed by atoms with E-state index in [1.807, 2.05) is 6.20 Å². The first-order chi connectivity index (χ1) is 10.8. The van der Waals surface area contributed by atoms with Crippen molar-refractivity contribution in [3.8, 4) is 0 Å². The maximum atomic E-state index is 5.90. The lowest BCUT2D eigenvalue weighted by Crippen LogP contribution is -2.44. The van der Waals surface area contributed by atoms with Gasteiger partial charge in [0.1, 0.15) is 0 Å². The smallest absolute Gasteiger partial charge is 0.0675 e. The van der Waals surface area contributed by atoms with Crippen LogP contribution < -0.4 is 0 Å². The van der Waals surface area contributed by atoms with E-state index in [9.17, 15) is 0 Å². The second-order valence-corrected chi connectivity index (χ2v) is 5.95. The molecule has 118 valence electrons. The van der Waals surface area contributed by atoms with Gasteiger partial charge in [-0.2, -0.15) is 5.10 Å². The van der Waals surface area contributed by atoms with Gasteiger partial charge in [0.15, 0.2) is 0 Å². The zero-order chi connectivity index (χ0) is 15.4. The maximum absolute atomic E-state index is 5.90. The van der Waals surface area contributed by atoms with Crippen molar-refractivity contribution < 1.29 is 4.74 Å². The monoisotopic (exact) mass is 299 g/mol. The van der Waals surface area contributed by atoms with E-state index >= 15 is 0 Å². The third-order valence-electron chi connectivity index (χ3n) is 4.41. The molecular weight excluding hydrogens is 274 g/mol. The summed E-state index contributed by atoms with van der Waals surface area (Å²) in [7, 11) is 0. The van der Waals surface area contributed by atoms with Crippen LogP contribution in [0, 0.1) is 0 Å². The molecule has 1 aliphatic rings. The van der Waals surface area contributed by atoms with E-state index in [0.29, 0.717) is 12.1 Å². The molecule has 2 aromatic rings. The second-order valence-electron chi connectivity index (χ2n) is 5.95. The standard InChI is InChI=1S/C18H25N3O/c1-3-21-17(9-11-19-21)10-12-20-13-15(2)22-14-18(20)16-7-5-4-6-8-16/h4-9,11,15,18H,3,10,12-14H2,1-2H3/t15-,18+/m1/s1. The van der Waals surface area contributed by atoms with Crippen molar-refractivity contribution in [1.82, 2.24) is 14.7 Å². The number of benzene rings is 1. The first-order valence-electron chi connectivity index (χ1n) is 8.19. The number of aromatic nitrogens is 2. The summed E-state index contributed by atoms with van der Waals surface area (Å²) in [5.74, 6) is 0. The fourth-order valence-corrected chi connectivity index (χ4v) is 3.22. The van der Waals surface area contributed by atoms with Gasteiger partial charge in [-0.25, -0.2) is 0 Å². The molecule has 1 aromatic heterocycles. The fourth-order valence-electron chi connectivity index (χ4n) is 3.22. The van der Waals surface area contributed by atoms with Crippen LogP contribution in [0.3, 0.4) is 0 Å². The van der Waals surface area contributed by atoms with Gasteiger partial charge in [0.2, 0.25) is 0 Å². The van der Waals surface area contributed by atoms with Gasteiger partial charge in [-0.3, -0.25) is 9.58 Å². The lowest BCUT2D eigenvalue weighted by atomic mass is 10.0. The summed E-state index contributed by atoms with van der Waals surface area (Å²) < 4.78 is 7.98. The quantitative estimate of drug-likeness (QED) is 0.850. The van der Waals surface area contributed by atoms with E-state index < -0.39 is 0 Å². The number of hydrogen-bond donors (Lipinski definition) is 0. The van der Waals surface area contributed by atoms with Crippen molar-refractivity contribution in [3.05, 3.63) is 53.9 Å². The zero-order valence-corrected chi connectivity index (χ0v) is 13.5. The predicted octanol–water partition coefficient (Wildman–Crippen LogP) is 2.91. The van der Waals surface area contributed by atoms with Crippen LogP contribution in [0.2, 0.25) is 0 Å². The van der Waals surface area contributed by atoms with Crippen LogP contribution in [0.5, 0.6) is 0 Å². The number of hydrogen-bond acceptors (Lipinski definition) is 3. The Balaban J connectivity index is 1.70. The first kappa shape index (κ1) is 15.3. The highest BCUT2D eigenvalue weighted by Gasteiger charge is 2.27. The summed E-state index contributed by atoms with van der Waals surface area (Å²) in [6, 6.07) is 13.2. The van der Waals surface area contributed by atoms with Gasteiger partial charge in [0.05, 0.1) is 18.8 Å². The molecule has 0 amide bonds. The molecule has 1 saturated heterocycles. The number of morpholine rings is 1. The van der Waals surface area contributed by atoms with Gasteiger partial charge in [-0.1, -0.05) is 30.3 Å². The number of rotatable bonds is 5. The zero-order valence-electron chi connectivity index (χ0n) is 13.5. The molecule has 2 heterocycles. The lowest BCUT2D eigenvalue weighted by molar-refractivity contribution is -0.0559. The minimum atomic E-state index is 0.302. The van der Waals surface area contributed by atoms with Crippen LogP contribution in [-0.2, 0) is 17.7 Å². The summed E-state index contributed by atoms with van der Waals surface area (Å²) in [5, 5.41) is 4.36. The van der Waals surface area contributed by atoms with E-state index in [2.05, 4.69) is 64.9 Å². The molecule has 4 nitrogen and oxygen atoms in total. The molecule has 1 aromatic carbocycles. The molecule has 0 N–H and O–H groups in total. The Hall–Kier alpha value is -1.65. The van der Waals surface area contributed by atoms with Crippen LogP contribution in [0.1, 0.15) is 31.1 Å². The Morgan fingerprint density at radius 3 is 2.82 bits per heavy atom. The van der Waals surface area contributed by atoms with Gasteiger partial charge < -0.3 is 4.74 Å². The fraction of sp³-hybridized carbons (Fsp3) is 0.500. The third kappa shape index (κ3) is 3.39. The normalized spacial score (nSPS) is 22.8. The number of aryl methyl sites for hydroxylation is 1. The highest BCUT2D eigenvalue weighted by atomic mass is 16.5.